The second-order valence-corrected chi connectivity index (χ2v) is 8.14. The molecule has 2 aliphatic rings. The fraction of sp³-hybridized carbons (Fsp3) is 0.231. The van der Waals surface area contributed by atoms with Gasteiger partial charge in [0.15, 0.2) is 11.5 Å². The van der Waals surface area contributed by atoms with Crippen LogP contribution in [0.2, 0.25) is 0 Å². The molecule has 0 unspecified atom stereocenters. The number of fused-ring (bicyclic) bond motifs is 3. The van der Waals surface area contributed by atoms with Gasteiger partial charge >= 0.3 is 0 Å². The summed E-state index contributed by atoms with van der Waals surface area (Å²) in [5.41, 5.74) is 5.76. The Morgan fingerprint density at radius 2 is 1.58 bits per heavy atom. The standard InChI is InChI=1S/C26H25N3O2/c1-2-4-25-23(3-1)29(12-11-28-13-15-30-16-14-28)24-8-6-20(18-26(24)31-25)19-5-7-22-21(17-19)9-10-27-22/h1-10,17-18,27H,11-16H2. The van der Waals surface area contributed by atoms with Crippen LogP contribution >= 0.6 is 0 Å². The molecule has 6 rings (SSSR count). The predicted octanol–water partition coefficient (Wildman–Crippen LogP) is 5.41. The van der Waals surface area contributed by atoms with E-state index in [4.69, 9.17) is 9.47 Å². The fourth-order valence-corrected chi connectivity index (χ4v) is 4.55. The number of aromatic nitrogens is 1. The number of anilines is 2. The molecule has 0 amide bonds. The van der Waals surface area contributed by atoms with Gasteiger partial charge in [0, 0.05) is 37.9 Å². The number of ether oxygens (including phenoxy) is 2. The molecule has 0 radical (unpaired) electrons. The minimum absolute atomic E-state index is 0.825. The van der Waals surface area contributed by atoms with E-state index in [1.165, 1.54) is 10.9 Å². The number of benzene rings is 3. The Morgan fingerprint density at radius 1 is 0.774 bits per heavy atom. The number of hydrogen-bond donors (Lipinski definition) is 1. The second-order valence-electron chi connectivity index (χ2n) is 8.14. The zero-order valence-corrected chi connectivity index (χ0v) is 17.4. The molecule has 0 spiro atoms. The zero-order chi connectivity index (χ0) is 20.6. The zero-order valence-electron chi connectivity index (χ0n) is 17.4. The molecule has 0 atom stereocenters. The topological polar surface area (TPSA) is 40.7 Å². The first-order valence-electron chi connectivity index (χ1n) is 10.9. The maximum absolute atomic E-state index is 6.35. The predicted molar refractivity (Wildman–Crippen MR) is 125 cm³/mol. The number of para-hydroxylation sites is 2. The third kappa shape index (κ3) is 3.46. The van der Waals surface area contributed by atoms with Gasteiger partial charge in [0.1, 0.15) is 0 Å². The fourth-order valence-electron chi connectivity index (χ4n) is 4.55. The smallest absolute Gasteiger partial charge is 0.151 e. The lowest BCUT2D eigenvalue weighted by atomic mass is 10.0. The van der Waals surface area contributed by atoms with E-state index in [1.807, 2.05) is 12.3 Å². The summed E-state index contributed by atoms with van der Waals surface area (Å²) in [6, 6.07) is 23.5. The van der Waals surface area contributed by atoms with Crippen molar-refractivity contribution in [2.24, 2.45) is 0 Å². The highest BCUT2D eigenvalue weighted by Crippen LogP contribution is 2.47. The van der Waals surface area contributed by atoms with Gasteiger partial charge in [-0.2, -0.15) is 0 Å². The first-order chi connectivity index (χ1) is 15.3. The lowest BCUT2D eigenvalue weighted by Crippen LogP contribution is -2.41. The molecule has 156 valence electrons. The summed E-state index contributed by atoms with van der Waals surface area (Å²) in [6.07, 6.45) is 1.98. The Kier molecular flexibility index (Phi) is 4.63. The van der Waals surface area contributed by atoms with Crippen molar-refractivity contribution in [1.29, 1.82) is 0 Å². The van der Waals surface area contributed by atoms with Crippen LogP contribution in [0.3, 0.4) is 0 Å². The van der Waals surface area contributed by atoms with Gasteiger partial charge in [0.2, 0.25) is 0 Å². The van der Waals surface area contributed by atoms with Crippen molar-refractivity contribution in [3.05, 3.63) is 72.9 Å². The van der Waals surface area contributed by atoms with E-state index in [9.17, 15) is 0 Å². The molecule has 3 heterocycles. The van der Waals surface area contributed by atoms with Gasteiger partial charge in [-0.25, -0.2) is 0 Å². The maximum Gasteiger partial charge on any atom is 0.151 e. The number of rotatable bonds is 4. The van der Waals surface area contributed by atoms with E-state index in [0.717, 1.165) is 73.3 Å². The first kappa shape index (κ1) is 18.5. The average molecular weight is 412 g/mol. The van der Waals surface area contributed by atoms with Crippen LogP contribution in [0.4, 0.5) is 11.4 Å². The monoisotopic (exact) mass is 411 g/mol. The van der Waals surface area contributed by atoms with Crippen molar-refractivity contribution in [2.75, 3.05) is 44.3 Å². The second kappa shape index (κ2) is 7.76. The van der Waals surface area contributed by atoms with Crippen molar-refractivity contribution in [1.82, 2.24) is 9.88 Å². The lowest BCUT2D eigenvalue weighted by Gasteiger charge is -2.35. The molecule has 4 aromatic rings. The number of morpholine rings is 1. The third-order valence-corrected chi connectivity index (χ3v) is 6.26. The van der Waals surface area contributed by atoms with Crippen LogP contribution in [-0.2, 0) is 4.74 Å². The molecular weight excluding hydrogens is 386 g/mol. The molecular formula is C26H25N3O2. The van der Waals surface area contributed by atoms with E-state index in [0.29, 0.717) is 0 Å². The lowest BCUT2D eigenvalue weighted by molar-refractivity contribution is 0.0394. The minimum Gasteiger partial charge on any atom is -0.453 e. The van der Waals surface area contributed by atoms with Crippen molar-refractivity contribution < 1.29 is 9.47 Å². The SMILES string of the molecule is c1ccc2c(c1)Oc1cc(-c3ccc4[nH]ccc4c3)ccc1N2CCN1CCOCC1. The quantitative estimate of drug-likeness (QED) is 0.487. The van der Waals surface area contributed by atoms with Crippen molar-refractivity contribution in [3.8, 4) is 22.6 Å². The highest BCUT2D eigenvalue weighted by molar-refractivity contribution is 5.87. The van der Waals surface area contributed by atoms with Crippen molar-refractivity contribution in [2.45, 2.75) is 0 Å². The molecule has 1 fully saturated rings. The van der Waals surface area contributed by atoms with E-state index < -0.39 is 0 Å². The summed E-state index contributed by atoms with van der Waals surface area (Å²) in [6.45, 7) is 5.57. The Morgan fingerprint density at radius 3 is 2.52 bits per heavy atom. The van der Waals surface area contributed by atoms with Crippen LogP contribution < -0.4 is 9.64 Å². The normalized spacial score (nSPS) is 16.1. The van der Waals surface area contributed by atoms with Crippen LogP contribution in [0, 0.1) is 0 Å². The minimum atomic E-state index is 0.825. The van der Waals surface area contributed by atoms with Gasteiger partial charge in [-0.05, 0) is 59.0 Å². The molecule has 5 heteroatoms. The number of nitrogens with one attached hydrogen (secondary N) is 1. The summed E-state index contributed by atoms with van der Waals surface area (Å²) in [5, 5.41) is 1.22. The van der Waals surface area contributed by atoms with Gasteiger partial charge < -0.3 is 19.4 Å². The molecule has 1 saturated heterocycles. The molecule has 2 aliphatic heterocycles. The summed E-state index contributed by atoms with van der Waals surface area (Å²) in [5.74, 6) is 1.82. The third-order valence-electron chi connectivity index (χ3n) is 6.26. The largest absolute Gasteiger partial charge is 0.453 e. The van der Waals surface area contributed by atoms with Crippen LogP contribution in [0.15, 0.2) is 72.9 Å². The van der Waals surface area contributed by atoms with Gasteiger partial charge in [-0.1, -0.05) is 24.3 Å². The van der Waals surface area contributed by atoms with E-state index >= 15 is 0 Å². The molecule has 0 aliphatic carbocycles. The van der Waals surface area contributed by atoms with Crippen LogP contribution in [0.5, 0.6) is 11.5 Å². The van der Waals surface area contributed by atoms with Gasteiger partial charge in [-0.15, -0.1) is 0 Å². The molecule has 1 N–H and O–H groups in total. The van der Waals surface area contributed by atoms with Gasteiger partial charge in [0.05, 0.1) is 24.6 Å². The van der Waals surface area contributed by atoms with Crippen LogP contribution in [-0.4, -0.2) is 49.3 Å². The number of aromatic amines is 1. The number of nitrogens with zero attached hydrogens (tertiary/aromatic N) is 2. The average Bonchev–Trinajstić information content (AvgIpc) is 3.30. The number of H-pyrrole nitrogens is 1. The Bertz CT molecular complexity index is 1230. The summed E-state index contributed by atoms with van der Waals surface area (Å²) >= 11 is 0. The Labute approximate surface area is 181 Å². The van der Waals surface area contributed by atoms with E-state index in [-0.39, 0.29) is 0 Å². The molecule has 3 aromatic carbocycles. The van der Waals surface area contributed by atoms with Crippen LogP contribution in [0.25, 0.3) is 22.0 Å². The highest BCUT2D eigenvalue weighted by Gasteiger charge is 2.25. The Hall–Kier alpha value is -3.28. The molecule has 1 aromatic heterocycles. The number of hydrogen-bond acceptors (Lipinski definition) is 4. The van der Waals surface area contributed by atoms with Crippen molar-refractivity contribution in [3.63, 3.8) is 0 Å². The first-order valence-corrected chi connectivity index (χ1v) is 10.9. The van der Waals surface area contributed by atoms with Crippen molar-refractivity contribution >= 4 is 22.3 Å². The summed E-state index contributed by atoms with van der Waals surface area (Å²) < 4.78 is 11.9. The summed E-state index contributed by atoms with van der Waals surface area (Å²) in [7, 11) is 0. The summed E-state index contributed by atoms with van der Waals surface area (Å²) in [4.78, 5) is 8.13. The highest BCUT2D eigenvalue weighted by atomic mass is 16.5. The Balaban J connectivity index is 1.34. The van der Waals surface area contributed by atoms with E-state index in [1.54, 1.807) is 0 Å². The van der Waals surface area contributed by atoms with Gasteiger partial charge in [0.25, 0.3) is 0 Å². The molecule has 31 heavy (non-hydrogen) atoms. The van der Waals surface area contributed by atoms with Gasteiger partial charge in [-0.3, -0.25) is 4.90 Å². The molecule has 0 bridgehead atoms. The van der Waals surface area contributed by atoms with E-state index in [2.05, 4.69) is 75.4 Å². The molecule has 5 nitrogen and oxygen atoms in total. The van der Waals surface area contributed by atoms with Crippen LogP contribution in [0.1, 0.15) is 0 Å². The maximum atomic E-state index is 6.35. The molecule has 0 saturated carbocycles.